The van der Waals surface area contributed by atoms with E-state index in [1.54, 1.807) is 6.26 Å². The summed E-state index contributed by atoms with van der Waals surface area (Å²) in [6.45, 7) is 3.68. The molecular formula is C15H21N3OS. The van der Waals surface area contributed by atoms with Crippen LogP contribution in [0.3, 0.4) is 0 Å². The first-order valence-corrected chi connectivity index (χ1v) is 8.41. The fourth-order valence-corrected chi connectivity index (χ4v) is 2.33. The van der Waals surface area contributed by atoms with Crippen LogP contribution < -0.4 is 5.32 Å². The zero-order valence-corrected chi connectivity index (χ0v) is 12.8. The standard InChI is InChI=1S/C15H21N3OS/c1-13(20(2)19)8-9-16-10-14-11-17-18(12-14)15-6-4-3-5-7-15/h3-7,11-13,16H,8-10H2,1-2H3. The Hall–Kier alpha value is -1.46. The summed E-state index contributed by atoms with van der Waals surface area (Å²) in [6.07, 6.45) is 6.59. The molecule has 0 aliphatic heterocycles. The second-order valence-electron chi connectivity index (χ2n) is 4.90. The summed E-state index contributed by atoms with van der Waals surface area (Å²) in [5, 5.41) is 7.97. The zero-order valence-electron chi connectivity index (χ0n) is 12.0. The molecule has 0 bridgehead atoms. The molecule has 0 saturated carbocycles. The predicted octanol–water partition coefficient (Wildman–Crippen LogP) is 2.12. The Morgan fingerprint density at radius 3 is 2.80 bits per heavy atom. The molecule has 2 unspecified atom stereocenters. The Morgan fingerprint density at radius 2 is 2.10 bits per heavy atom. The van der Waals surface area contributed by atoms with Gasteiger partial charge in [-0.2, -0.15) is 5.10 Å². The fourth-order valence-electron chi connectivity index (χ4n) is 1.88. The third-order valence-corrected chi connectivity index (χ3v) is 4.65. The molecule has 5 heteroatoms. The second-order valence-corrected chi connectivity index (χ2v) is 6.71. The van der Waals surface area contributed by atoms with Crippen molar-refractivity contribution in [1.29, 1.82) is 0 Å². The molecule has 1 heterocycles. The highest BCUT2D eigenvalue weighted by Crippen LogP contribution is 2.07. The summed E-state index contributed by atoms with van der Waals surface area (Å²) in [5.74, 6) is 0. The van der Waals surface area contributed by atoms with Crippen LogP contribution in [-0.2, 0) is 17.3 Å². The average Bonchev–Trinajstić information content (AvgIpc) is 2.93. The molecular weight excluding hydrogens is 270 g/mol. The SMILES string of the molecule is CC(CCNCc1cnn(-c2ccccc2)c1)S(C)=O. The average molecular weight is 291 g/mol. The predicted molar refractivity (Wildman–Crippen MR) is 83.4 cm³/mol. The lowest BCUT2D eigenvalue weighted by molar-refractivity contribution is 0.629. The van der Waals surface area contributed by atoms with Crippen LogP contribution in [0.1, 0.15) is 18.9 Å². The van der Waals surface area contributed by atoms with Crippen LogP contribution in [0.4, 0.5) is 0 Å². The Morgan fingerprint density at radius 1 is 1.35 bits per heavy atom. The van der Waals surface area contributed by atoms with Gasteiger partial charge >= 0.3 is 0 Å². The maximum absolute atomic E-state index is 11.2. The van der Waals surface area contributed by atoms with Gasteiger partial charge < -0.3 is 5.32 Å². The van der Waals surface area contributed by atoms with Crippen LogP contribution in [-0.4, -0.2) is 32.0 Å². The van der Waals surface area contributed by atoms with E-state index in [2.05, 4.69) is 10.4 Å². The van der Waals surface area contributed by atoms with Crippen LogP contribution in [0.5, 0.6) is 0 Å². The fraction of sp³-hybridized carbons (Fsp3) is 0.400. The lowest BCUT2D eigenvalue weighted by atomic mass is 10.3. The van der Waals surface area contributed by atoms with E-state index in [4.69, 9.17) is 0 Å². The van der Waals surface area contributed by atoms with Gasteiger partial charge in [-0.15, -0.1) is 0 Å². The molecule has 0 amide bonds. The maximum atomic E-state index is 11.2. The minimum absolute atomic E-state index is 0.245. The number of para-hydroxylation sites is 1. The third-order valence-electron chi connectivity index (χ3n) is 3.28. The van der Waals surface area contributed by atoms with Crippen molar-refractivity contribution in [2.75, 3.05) is 12.8 Å². The zero-order chi connectivity index (χ0) is 14.4. The van der Waals surface area contributed by atoms with Crippen LogP contribution in [0, 0.1) is 0 Å². The van der Waals surface area contributed by atoms with Gasteiger partial charge in [0.2, 0.25) is 0 Å². The van der Waals surface area contributed by atoms with E-state index in [9.17, 15) is 4.21 Å². The number of nitrogens with one attached hydrogen (secondary N) is 1. The van der Waals surface area contributed by atoms with E-state index in [1.165, 1.54) is 0 Å². The molecule has 0 aliphatic rings. The Kier molecular flexibility index (Phi) is 5.49. The van der Waals surface area contributed by atoms with Gasteiger partial charge in [-0.3, -0.25) is 4.21 Å². The molecule has 0 radical (unpaired) electrons. The summed E-state index contributed by atoms with van der Waals surface area (Å²) in [7, 11) is -0.736. The van der Waals surface area contributed by atoms with Crippen LogP contribution in [0.2, 0.25) is 0 Å². The Bertz CT molecular complexity index is 553. The van der Waals surface area contributed by atoms with Gasteiger partial charge in [-0.05, 0) is 25.1 Å². The molecule has 1 aromatic heterocycles. The van der Waals surface area contributed by atoms with Crippen molar-refractivity contribution in [3.63, 3.8) is 0 Å². The van der Waals surface area contributed by atoms with Crippen molar-refractivity contribution in [3.05, 3.63) is 48.3 Å². The van der Waals surface area contributed by atoms with Gasteiger partial charge in [0.1, 0.15) is 0 Å². The van der Waals surface area contributed by atoms with Crippen molar-refractivity contribution in [3.8, 4) is 5.69 Å². The number of aromatic nitrogens is 2. The molecule has 1 aromatic carbocycles. The van der Waals surface area contributed by atoms with Crippen LogP contribution >= 0.6 is 0 Å². The molecule has 1 N–H and O–H groups in total. The Balaban J connectivity index is 1.81. The second kappa shape index (κ2) is 7.36. The molecule has 2 atom stereocenters. The van der Waals surface area contributed by atoms with Crippen molar-refractivity contribution in [1.82, 2.24) is 15.1 Å². The Labute approximate surface area is 122 Å². The lowest BCUT2D eigenvalue weighted by Crippen LogP contribution is -2.20. The van der Waals surface area contributed by atoms with Crippen molar-refractivity contribution < 1.29 is 4.21 Å². The van der Waals surface area contributed by atoms with Crippen molar-refractivity contribution in [2.45, 2.75) is 25.1 Å². The number of nitrogens with zero attached hydrogens (tertiary/aromatic N) is 2. The van der Waals surface area contributed by atoms with Gasteiger partial charge in [-0.1, -0.05) is 25.1 Å². The minimum Gasteiger partial charge on any atom is -0.313 e. The molecule has 0 spiro atoms. The largest absolute Gasteiger partial charge is 0.313 e. The van der Waals surface area contributed by atoms with E-state index in [1.807, 2.05) is 54.3 Å². The first kappa shape index (κ1) is 14.9. The molecule has 2 aromatic rings. The molecule has 0 fully saturated rings. The molecule has 108 valence electrons. The third kappa shape index (κ3) is 4.28. The van der Waals surface area contributed by atoms with Gasteiger partial charge in [0.25, 0.3) is 0 Å². The number of hydrogen-bond donors (Lipinski definition) is 1. The topological polar surface area (TPSA) is 46.9 Å². The summed E-state index contributed by atoms with van der Waals surface area (Å²) in [5.41, 5.74) is 2.22. The lowest BCUT2D eigenvalue weighted by Gasteiger charge is -2.08. The summed E-state index contributed by atoms with van der Waals surface area (Å²) >= 11 is 0. The smallest absolute Gasteiger partial charge is 0.0645 e. The molecule has 0 aliphatic carbocycles. The molecule has 0 saturated heterocycles. The molecule has 2 rings (SSSR count). The number of benzene rings is 1. The van der Waals surface area contributed by atoms with E-state index >= 15 is 0 Å². The monoisotopic (exact) mass is 291 g/mol. The van der Waals surface area contributed by atoms with Crippen LogP contribution in [0.25, 0.3) is 5.69 Å². The van der Waals surface area contributed by atoms with Crippen LogP contribution in [0.15, 0.2) is 42.7 Å². The highest BCUT2D eigenvalue weighted by Gasteiger charge is 2.05. The highest BCUT2D eigenvalue weighted by molar-refractivity contribution is 7.84. The van der Waals surface area contributed by atoms with Gasteiger partial charge in [0.15, 0.2) is 0 Å². The van der Waals surface area contributed by atoms with E-state index in [0.717, 1.165) is 30.8 Å². The van der Waals surface area contributed by atoms with E-state index in [0.29, 0.717) is 0 Å². The highest BCUT2D eigenvalue weighted by atomic mass is 32.2. The van der Waals surface area contributed by atoms with E-state index < -0.39 is 10.8 Å². The van der Waals surface area contributed by atoms with Gasteiger partial charge in [-0.25, -0.2) is 4.68 Å². The summed E-state index contributed by atoms with van der Waals surface area (Å²) < 4.78 is 13.1. The molecule has 4 nitrogen and oxygen atoms in total. The molecule has 20 heavy (non-hydrogen) atoms. The first-order chi connectivity index (χ1) is 9.66. The first-order valence-electron chi connectivity index (χ1n) is 6.78. The normalized spacial score (nSPS) is 14.1. The minimum atomic E-state index is -0.736. The van der Waals surface area contributed by atoms with Gasteiger partial charge in [0.05, 0.1) is 11.9 Å². The van der Waals surface area contributed by atoms with E-state index in [-0.39, 0.29) is 5.25 Å². The van der Waals surface area contributed by atoms with Gasteiger partial charge in [0, 0.05) is 40.6 Å². The van der Waals surface area contributed by atoms with Crippen molar-refractivity contribution in [2.24, 2.45) is 0 Å². The summed E-state index contributed by atoms with van der Waals surface area (Å²) in [6, 6.07) is 10.1. The summed E-state index contributed by atoms with van der Waals surface area (Å²) in [4.78, 5) is 0. The maximum Gasteiger partial charge on any atom is 0.0645 e. The number of hydrogen-bond acceptors (Lipinski definition) is 3. The quantitative estimate of drug-likeness (QED) is 0.795. The van der Waals surface area contributed by atoms with Crippen molar-refractivity contribution >= 4 is 10.8 Å². The number of rotatable bonds is 7.